The molecule has 5 nitrogen and oxygen atoms in total. The predicted molar refractivity (Wildman–Crippen MR) is 107 cm³/mol. The van der Waals surface area contributed by atoms with Crippen molar-refractivity contribution in [3.63, 3.8) is 0 Å². The highest BCUT2D eigenvalue weighted by Crippen LogP contribution is 2.22. The average molecular weight is 375 g/mol. The van der Waals surface area contributed by atoms with E-state index in [2.05, 4.69) is 6.07 Å². The van der Waals surface area contributed by atoms with Crippen LogP contribution in [0.4, 0.5) is 0 Å². The first-order valence-corrected chi connectivity index (χ1v) is 9.81. The Morgan fingerprint density at radius 3 is 2.64 bits per heavy atom. The lowest BCUT2D eigenvalue weighted by Crippen LogP contribution is -2.44. The van der Waals surface area contributed by atoms with E-state index in [-0.39, 0.29) is 17.0 Å². The first-order chi connectivity index (χ1) is 13.6. The van der Waals surface area contributed by atoms with Crippen LogP contribution in [0.5, 0.6) is 5.88 Å². The van der Waals surface area contributed by atoms with Crippen LogP contribution in [0.3, 0.4) is 0 Å². The van der Waals surface area contributed by atoms with Gasteiger partial charge in [0.25, 0.3) is 5.65 Å². The largest absolute Gasteiger partial charge is 0.842 e. The highest BCUT2D eigenvalue weighted by molar-refractivity contribution is 5.67. The Balaban J connectivity index is 1.93. The summed E-state index contributed by atoms with van der Waals surface area (Å²) < 4.78 is 3.28. The van der Waals surface area contributed by atoms with E-state index in [9.17, 15) is 9.90 Å². The standard InChI is InChI=1S/C23H25N3O2/c1-18-11-10-12-19(17-18)21-22(27)25(15-8-5-3-2-4-7-14-24)20-13-6-9-16-26(20)23(21)28/h6,9-13,16-17H,2-5,7-8,15H2,1H3. The molecule has 0 bridgehead atoms. The third kappa shape index (κ3) is 4.23. The van der Waals surface area contributed by atoms with Gasteiger partial charge >= 0.3 is 5.56 Å². The van der Waals surface area contributed by atoms with E-state index in [4.69, 9.17) is 5.26 Å². The molecule has 0 N–H and O–H groups in total. The molecule has 2 heterocycles. The number of rotatable bonds is 8. The minimum atomic E-state index is -0.279. The smallest absolute Gasteiger partial charge is 0.349 e. The van der Waals surface area contributed by atoms with Crippen molar-refractivity contribution in [2.45, 2.75) is 52.0 Å². The molecule has 3 aromatic rings. The van der Waals surface area contributed by atoms with Crippen LogP contribution in [0.1, 0.15) is 44.1 Å². The number of aryl methyl sites for hydroxylation is 2. The molecule has 2 aromatic heterocycles. The van der Waals surface area contributed by atoms with Gasteiger partial charge in [-0.05, 0) is 37.8 Å². The van der Waals surface area contributed by atoms with Gasteiger partial charge in [0, 0.05) is 12.5 Å². The molecule has 144 valence electrons. The van der Waals surface area contributed by atoms with E-state index in [1.165, 1.54) is 0 Å². The lowest BCUT2D eigenvalue weighted by atomic mass is 10.1. The molecule has 3 rings (SSSR count). The summed E-state index contributed by atoms with van der Waals surface area (Å²) in [6, 6.07) is 15.2. The van der Waals surface area contributed by atoms with Crippen molar-refractivity contribution in [1.82, 2.24) is 4.40 Å². The first kappa shape index (κ1) is 19.6. The average Bonchev–Trinajstić information content (AvgIpc) is 2.70. The third-order valence-corrected chi connectivity index (χ3v) is 4.98. The number of nitriles is 1. The van der Waals surface area contributed by atoms with Gasteiger partial charge in [-0.15, -0.1) is 0 Å². The molecule has 0 fully saturated rings. The molecular formula is C23H25N3O2. The zero-order valence-corrected chi connectivity index (χ0v) is 16.2. The summed E-state index contributed by atoms with van der Waals surface area (Å²) in [6.45, 7) is 2.52. The van der Waals surface area contributed by atoms with E-state index in [0.717, 1.165) is 37.7 Å². The zero-order valence-electron chi connectivity index (χ0n) is 16.2. The summed E-state index contributed by atoms with van der Waals surface area (Å²) in [6.07, 6.45) is 7.19. The predicted octanol–water partition coefficient (Wildman–Crippen LogP) is 3.50. The normalized spacial score (nSPS) is 10.9. The molecule has 0 aliphatic rings. The van der Waals surface area contributed by atoms with Gasteiger partial charge in [-0.2, -0.15) is 9.66 Å². The Kier molecular flexibility index (Phi) is 6.44. The van der Waals surface area contributed by atoms with Gasteiger partial charge in [-0.3, -0.25) is 0 Å². The number of pyridine rings is 1. The number of hydrogen-bond acceptors (Lipinski definition) is 3. The number of fused-ring (bicyclic) bond motifs is 1. The van der Waals surface area contributed by atoms with Gasteiger partial charge in [0.05, 0.1) is 24.7 Å². The van der Waals surface area contributed by atoms with Crippen LogP contribution in [0.15, 0.2) is 53.5 Å². The maximum Gasteiger partial charge on any atom is 0.349 e. The topological polar surface area (TPSA) is 72.2 Å². The number of benzene rings is 1. The minimum Gasteiger partial charge on any atom is -0.842 e. The first-order valence-electron chi connectivity index (χ1n) is 9.81. The summed E-state index contributed by atoms with van der Waals surface area (Å²) in [7, 11) is 0. The molecule has 28 heavy (non-hydrogen) atoms. The second kappa shape index (κ2) is 9.18. The lowest BCUT2D eigenvalue weighted by Gasteiger charge is -2.17. The van der Waals surface area contributed by atoms with Crippen LogP contribution in [-0.2, 0) is 6.54 Å². The van der Waals surface area contributed by atoms with Crippen molar-refractivity contribution < 1.29 is 9.67 Å². The van der Waals surface area contributed by atoms with E-state index < -0.39 is 0 Å². The molecule has 0 unspecified atom stereocenters. The monoisotopic (exact) mass is 375 g/mol. The van der Waals surface area contributed by atoms with Crippen molar-refractivity contribution in [3.8, 4) is 23.1 Å². The second-order valence-electron chi connectivity index (χ2n) is 7.11. The van der Waals surface area contributed by atoms with Gasteiger partial charge in [-0.1, -0.05) is 48.7 Å². The van der Waals surface area contributed by atoms with Gasteiger partial charge in [0.15, 0.2) is 0 Å². The molecule has 0 aliphatic heterocycles. The second-order valence-corrected chi connectivity index (χ2v) is 7.11. The fraction of sp³-hybridized carbons (Fsp3) is 0.348. The maximum absolute atomic E-state index is 13.2. The number of nitrogens with zero attached hydrogens (tertiary/aromatic N) is 3. The van der Waals surface area contributed by atoms with Crippen molar-refractivity contribution in [3.05, 3.63) is 64.6 Å². The number of hydrogen-bond donors (Lipinski definition) is 0. The molecule has 0 amide bonds. The van der Waals surface area contributed by atoms with E-state index in [0.29, 0.717) is 24.2 Å². The Labute approximate surface area is 165 Å². The van der Waals surface area contributed by atoms with E-state index in [1.54, 1.807) is 21.2 Å². The molecule has 0 spiro atoms. The van der Waals surface area contributed by atoms with Gasteiger partial charge in [-0.25, -0.2) is 9.36 Å². The minimum absolute atomic E-state index is 0.224. The fourth-order valence-electron chi connectivity index (χ4n) is 3.54. The maximum atomic E-state index is 13.2. The quantitative estimate of drug-likeness (QED) is 0.447. The van der Waals surface area contributed by atoms with Crippen LogP contribution in [0.25, 0.3) is 16.8 Å². The van der Waals surface area contributed by atoms with E-state index in [1.807, 2.05) is 43.3 Å². The molecule has 0 radical (unpaired) electrons. The van der Waals surface area contributed by atoms with Crippen molar-refractivity contribution in [2.75, 3.05) is 0 Å². The fourth-order valence-corrected chi connectivity index (χ4v) is 3.54. The molecule has 1 aromatic carbocycles. The molecule has 0 saturated carbocycles. The highest BCUT2D eigenvalue weighted by atomic mass is 16.3. The highest BCUT2D eigenvalue weighted by Gasteiger charge is 2.19. The van der Waals surface area contributed by atoms with Gasteiger partial charge in [0.1, 0.15) is 5.56 Å². The summed E-state index contributed by atoms with van der Waals surface area (Å²) in [5.74, 6) is -0.230. The Hall–Kier alpha value is -3.13. The van der Waals surface area contributed by atoms with Crippen molar-refractivity contribution >= 4 is 5.65 Å². The summed E-state index contributed by atoms with van der Waals surface area (Å²) in [4.78, 5) is 13.0. The number of unbranched alkanes of at least 4 members (excludes halogenated alkanes) is 5. The van der Waals surface area contributed by atoms with Crippen molar-refractivity contribution in [1.29, 1.82) is 5.26 Å². The SMILES string of the molecule is Cc1cccc(-c2c([O-])[n+](CCCCCCCC#N)c3ccccn3c2=O)c1. The summed E-state index contributed by atoms with van der Waals surface area (Å²) in [5, 5.41) is 21.8. The molecule has 0 saturated heterocycles. The Morgan fingerprint density at radius 1 is 1.07 bits per heavy atom. The number of aromatic nitrogens is 2. The van der Waals surface area contributed by atoms with Gasteiger partial charge in [0.2, 0.25) is 0 Å². The Morgan fingerprint density at radius 2 is 1.86 bits per heavy atom. The summed E-state index contributed by atoms with van der Waals surface area (Å²) >= 11 is 0. The van der Waals surface area contributed by atoms with Crippen LogP contribution in [-0.4, -0.2) is 4.40 Å². The molecular weight excluding hydrogens is 350 g/mol. The van der Waals surface area contributed by atoms with E-state index >= 15 is 0 Å². The lowest BCUT2D eigenvalue weighted by molar-refractivity contribution is -0.716. The van der Waals surface area contributed by atoms with Crippen LogP contribution < -0.4 is 15.2 Å². The zero-order chi connectivity index (χ0) is 19.9. The summed E-state index contributed by atoms with van der Waals surface area (Å²) in [5.41, 5.74) is 2.25. The van der Waals surface area contributed by atoms with Crippen LogP contribution in [0.2, 0.25) is 0 Å². The van der Waals surface area contributed by atoms with Crippen molar-refractivity contribution in [2.24, 2.45) is 0 Å². The van der Waals surface area contributed by atoms with Crippen LogP contribution >= 0.6 is 0 Å². The third-order valence-electron chi connectivity index (χ3n) is 4.98. The Bertz CT molecular complexity index is 1060. The molecule has 5 heteroatoms. The molecule has 0 atom stereocenters. The van der Waals surface area contributed by atoms with Crippen LogP contribution in [0, 0.1) is 18.3 Å². The molecule has 0 aliphatic carbocycles. The van der Waals surface area contributed by atoms with Gasteiger partial charge < -0.3 is 5.11 Å².